The SMILES string of the molecule is CCCCOP(=O)(CCCBr)OCCCC. The van der Waals surface area contributed by atoms with Crippen molar-refractivity contribution in [1.82, 2.24) is 0 Å². The van der Waals surface area contributed by atoms with Crippen LogP contribution in [0, 0.1) is 0 Å². The average molecular weight is 315 g/mol. The van der Waals surface area contributed by atoms with Crippen molar-refractivity contribution < 1.29 is 13.6 Å². The van der Waals surface area contributed by atoms with Crippen LogP contribution in [0.2, 0.25) is 0 Å². The van der Waals surface area contributed by atoms with Gasteiger partial charge in [0, 0.05) is 5.33 Å². The van der Waals surface area contributed by atoms with Crippen molar-refractivity contribution in [1.29, 1.82) is 0 Å². The zero-order chi connectivity index (χ0) is 12.3. The average Bonchev–Trinajstić information content (AvgIpc) is 2.27. The summed E-state index contributed by atoms with van der Waals surface area (Å²) in [5.74, 6) is 0. The first-order valence-electron chi connectivity index (χ1n) is 6.12. The van der Waals surface area contributed by atoms with Crippen molar-refractivity contribution in [3.05, 3.63) is 0 Å². The number of hydrogen-bond donors (Lipinski definition) is 0. The summed E-state index contributed by atoms with van der Waals surface area (Å²) in [4.78, 5) is 0. The number of rotatable bonds is 11. The van der Waals surface area contributed by atoms with Crippen molar-refractivity contribution in [2.75, 3.05) is 24.7 Å². The van der Waals surface area contributed by atoms with E-state index in [0.29, 0.717) is 19.4 Å². The quantitative estimate of drug-likeness (QED) is 0.318. The number of halogens is 1. The highest BCUT2D eigenvalue weighted by Crippen LogP contribution is 2.49. The maximum atomic E-state index is 12.3. The molecule has 0 radical (unpaired) electrons. The molecule has 0 N–H and O–H groups in total. The molecule has 0 aromatic carbocycles. The Hall–Kier alpha value is 0.630. The van der Waals surface area contributed by atoms with Crippen molar-refractivity contribution in [2.24, 2.45) is 0 Å². The third-order valence-corrected chi connectivity index (χ3v) is 4.71. The summed E-state index contributed by atoms with van der Waals surface area (Å²) in [6.07, 6.45) is 5.33. The lowest BCUT2D eigenvalue weighted by Gasteiger charge is -2.18. The summed E-state index contributed by atoms with van der Waals surface area (Å²) in [7, 11) is -2.83. The van der Waals surface area contributed by atoms with E-state index in [1.807, 2.05) is 0 Å². The van der Waals surface area contributed by atoms with E-state index in [4.69, 9.17) is 9.05 Å². The van der Waals surface area contributed by atoms with E-state index in [1.165, 1.54) is 0 Å². The minimum Gasteiger partial charge on any atom is -0.309 e. The van der Waals surface area contributed by atoms with Gasteiger partial charge < -0.3 is 9.05 Å². The van der Waals surface area contributed by atoms with E-state index in [9.17, 15) is 4.57 Å². The highest BCUT2D eigenvalue weighted by Gasteiger charge is 2.23. The zero-order valence-electron chi connectivity index (χ0n) is 10.4. The molecule has 0 aromatic rings. The van der Waals surface area contributed by atoms with Gasteiger partial charge in [0.05, 0.1) is 19.4 Å². The molecular weight excluding hydrogens is 291 g/mol. The smallest absolute Gasteiger partial charge is 0.309 e. The largest absolute Gasteiger partial charge is 0.330 e. The maximum Gasteiger partial charge on any atom is 0.330 e. The van der Waals surface area contributed by atoms with E-state index in [0.717, 1.165) is 37.4 Å². The Morgan fingerprint density at radius 2 is 1.50 bits per heavy atom. The molecular formula is C11H24BrO3P. The van der Waals surface area contributed by atoms with Crippen LogP contribution in [0.3, 0.4) is 0 Å². The summed E-state index contributed by atoms with van der Waals surface area (Å²) < 4.78 is 23.1. The molecule has 0 aliphatic rings. The molecule has 0 fully saturated rings. The summed E-state index contributed by atoms with van der Waals surface area (Å²) in [5.41, 5.74) is 0. The Morgan fingerprint density at radius 3 is 1.88 bits per heavy atom. The van der Waals surface area contributed by atoms with Crippen LogP contribution in [-0.2, 0) is 13.6 Å². The molecule has 0 aromatic heterocycles. The van der Waals surface area contributed by atoms with Crippen LogP contribution in [-0.4, -0.2) is 24.7 Å². The number of unbranched alkanes of at least 4 members (excludes halogenated alkanes) is 2. The van der Waals surface area contributed by atoms with Gasteiger partial charge in [0.15, 0.2) is 0 Å². The third kappa shape index (κ3) is 8.74. The maximum absolute atomic E-state index is 12.3. The van der Waals surface area contributed by atoms with Gasteiger partial charge in [0.2, 0.25) is 0 Å². The fraction of sp³-hybridized carbons (Fsp3) is 1.00. The van der Waals surface area contributed by atoms with Crippen LogP contribution in [0.4, 0.5) is 0 Å². The van der Waals surface area contributed by atoms with Gasteiger partial charge in [0.1, 0.15) is 0 Å². The van der Waals surface area contributed by atoms with Gasteiger partial charge in [-0.25, -0.2) is 0 Å². The Morgan fingerprint density at radius 1 is 1.00 bits per heavy atom. The monoisotopic (exact) mass is 314 g/mol. The van der Waals surface area contributed by atoms with Gasteiger partial charge in [-0.3, -0.25) is 4.57 Å². The lowest BCUT2D eigenvalue weighted by molar-refractivity contribution is 0.200. The molecule has 0 saturated heterocycles. The van der Waals surface area contributed by atoms with Crippen LogP contribution in [0.15, 0.2) is 0 Å². The van der Waals surface area contributed by atoms with Crippen LogP contribution in [0.5, 0.6) is 0 Å². The second-order valence-electron chi connectivity index (χ2n) is 3.75. The van der Waals surface area contributed by atoms with E-state index in [-0.39, 0.29) is 0 Å². The minimum absolute atomic E-state index is 0.520. The molecule has 0 spiro atoms. The first kappa shape index (κ1) is 16.6. The van der Waals surface area contributed by atoms with Crippen molar-refractivity contribution in [3.8, 4) is 0 Å². The third-order valence-electron chi connectivity index (χ3n) is 2.14. The second-order valence-corrected chi connectivity index (χ2v) is 6.73. The summed E-state index contributed by atoms with van der Waals surface area (Å²) in [6, 6.07) is 0. The van der Waals surface area contributed by atoms with Crippen LogP contribution in [0.1, 0.15) is 46.0 Å². The highest BCUT2D eigenvalue weighted by molar-refractivity contribution is 9.09. The van der Waals surface area contributed by atoms with Crippen LogP contribution < -0.4 is 0 Å². The highest BCUT2D eigenvalue weighted by atomic mass is 79.9. The molecule has 98 valence electrons. The topological polar surface area (TPSA) is 35.5 Å². The Kier molecular flexibility index (Phi) is 11.2. The Balaban J connectivity index is 3.97. The van der Waals surface area contributed by atoms with E-state index in [1.54, 1.807) is 0 Å². The van der Waals surface area contributed by atoms with E-state index < -0.39 is 7.60 Å². The lowest BCUT2D eigenvalue weighted by Crippen LogP contribution is -2.03. The molecule has 0 atom stereocenters. The molecule has 0 heterocycles. The molecule has 0 bridgehead atoms. The number of alkyl halides is 1. The minimum atomic E-state index is -2.83. The molecule has 16 heavy (non-hydrogen) atoms. The van der Waals surface area contributed by atoms with Gasteiger partial charge in [0.25, 0.3) is 0 Å². The molecule has 0 rings (SSSR count). The summed E-state index contributed by atoms with van der Waals surface area (Å²) >= 11 is 3.33. The first-order valence-corrected chi connectivity index (χ1v) is 8.97. The van der Waals surface area contributed by atoms with Gasteiger partial charge in [-0.2, -0.15) is 0 Å². The van der Waals surface area contributed by atoms with Crippen molar-refractivity contribution in [2.45, 2.75) is 46.0 Å². The van der Waals surface area contributed by atoms with E-state index >= 15 is 0 Å². The lowest BCUT2D eigenvalue weighted by atomic mass is 10.4. The Labute approximate surface area is 108 Å². The normalized spacial score (nSPS) is 11.9. The van der Waals surface area contributed by atoms with Gasteiger partial charge in [-0.1, -0.05) is 42.6 Å². The molecule has 0 aliphatic carbocycles. The van der Waals surface area contributed by atoms with Gasteiger partial charge >= 0.3 is 7.60 Å². The Bertz CT molecular complexity index is 186. The standard InChI is InChI=1S/C11H24BrO3P/c1-3-5-9-14-16(13,11-7-8-12)15-10-6-4-2/h3-11H2,1-2H3. The number of hydrogen-bond acceptors (Lipinski definition) is 3. The molecule has 0 saturated carbocycles. The van der Waals surface area contributed by atoms with Crippen molar-refractivity contribution in [3.63, 3.8) is 0 Å². The second kappa shape index (κ2) is 10.8. The molecule has 0 aliphatic heterocycles. The molecule has 3 nitrogen and oxygen atoms in total. The summed E-state index contributed by atoms with van der Waals surface area (Å²) in [5, 5.41) is 0.839. The van der Waals surface area contributed by atoms with Gasteiger partial charge in [-0.05, 0) is 19.3 Å². The molecule has 5 heteroatoms. The fourth-order valence-electron chi connectivity index (χ4n) is 1.12. The predicted molar refractivity (Wildman–Crippen MR) is 72.6 cm³/mol. The van der Waals surface area contributed by atoms with Crippen LogP contribution in [0.25, 0.3) is 0 Å². The molecule has 0 unspecified atom stereocenters. The summed E-state index contributed by atoms with van der Waals surface area (Å²) in [6.45, 7) is 5.26. The first-order chi connectivity index (χ1) is 7.68. The predicted octanol–water partition coefficient (Wildman–Crippen LogP) is 4.60. The van der Waals surface area contributed by atoms with E-state index in [2.05, 4.69) is 29.8 Å². The van der Waals surface area contributed by atoms with Gasteiger partial charge in [-0.15, -0.1) is 0 Å². The van der Waals surface area contributed by atoms with Crippen molar-refractivity contribution >= 4 is 23.5 Å². The molecule has 0 amide bonds. The zero-order valence-corrected chi connectivity index (χ0v) is 12.9. The fourth-order valence-corrected chi connectivity index (χ4v) is 3.52. The van der Waals surface area contributed by atoms with Crippen LogP contribution >= 0.6 is 23.5 Å².